The highest BCUT2D eigenvalue weighted by molar-refractivity contribution is 7.17. The Kier molecular flexibility index (Phi) is 4.11. The number of fused-ring (bicyclic) bond motifs is 1. The Morgan fingerprint density at radius 2 is 1.96 bits per heavy atom. The Morgan fingerprint density at radius 1 is 1.12 bits per heavy atom. The summed E-state index contributed by atoms with van der Waals surface area (Å²) in [5.41, 5.74) is 1.93. The van der Waals surface area contributed by atoms with E-state index in [1.807, 2.05) is 49.4 Å². The number of amides is 1. The fourth-order valence-electron chi connectivity index (χ4n) is 2.60. The first-order valence-corrected chi connectivity index (χ1v) is 8.75. The number of hydrogen-bond acceptors (Lipinski definition) is 5. The summed E-state index contributed by atoms with van der Waals surface area (Å²) in [4.78, 5) is 18.3. The summed E-state index contributed by atoms with van der Waals surface area (Å²) in [5, 5.41) is 2.86. The first kappa shape index (κ1) is 15.7. The van der Waals surface area contributed by atoms with E-state index < -0.39 is 0 Å². The summed E-state index contributed by atoms with van der Waals surface area (Å²) >= 11 is 1.43. The molecule has 1 aliphatic rings. The molecule has 1 N–H and O–H groups in total. The van der Waals surface area contributed by atoms with Crippen LogP contribution in [-0.4, -0.2) is 24.1 Å². The largest absolute Gasteiger partial charge is 0.486 e. The van der Waals surface area contributed by atoms with Crippen molar-refractivity contribution in [3.8, 4) is 21.9 Å². The van der Waals surface area contributed by atoms with E-state index in [0.717, 1.165) is 27.5 Å². The Labute approximate surface area is 149 Å². The average Bonchev–Trinajstić information content (AvgIpc) is 3.13. The first-order valence-electron chi connectivity index (χ1n) is 7.93. The minimum absolute atomic E-state index is 0.157. The first-order chi connectivity index (χ1) is 12.2. The van der Waals surface area contributed by atoms with Crippen LogP contribution in [0.15, 0.2) is 48.7 Å². The third-order valence-corrected chi connectivity index (χ3v) is 5.03. The van der Waals surface area contributed by atoms with Crippen LogP contribution in [0, 0.1) is 6.92 Å². The van der Waals surface area contributed by atoms with Crippen molar-refractivity contribution in [3.63, 3.8) is 0 Å². The summed E-state index contributed by atoms with van der Waals surface area (Å²) in [7, 11) is 0. The predicted octanol–water partition coefficient (Wildman–Crippen LogP) is 4.14. The molecular formula is C19H16N2O3S. The van der Waals surface area contributed by atoms with Crippen molar-refractivity contribution < 1.29 is 14.3 Å². The van der Waals surface area contributed by atoms with Crippen molar-refractivity contribution in [3.05, 3.63) is 59.1 Å². The molecule has 0 radical (unpaired) electrons. The van der Waals surface area contributed by atoms with Crippen LogP contribution in [0.25, 0.3) is 10.4 Å². The molecule has 6 heteroatoms. The fraction of sp³-hybridized carbons (Fsp3) is 0.158. The number of benzene rings is 1. The van der Waals surface area contributed by atoms with Crippen molar-refractivity contribution in [2.45, 2.75) is 6.92 Å². The Morgan fingerprint density at radius 3 is 2.80 bits per heavy atom. The summed E-state index contributed by atoms with van der Waals surface area (Å²) in [6.45, 7) is 3.04. The van der Waals surface area contributed by atoms with Gasteiger partial charge < -0.3 is 14.8 Å². The van der Waals surface area contributed by atoms with E-state index in [2.05, 4.69) is 10.3 Å². The standard InChI is InChI=1S/C19H16N2O3S/c1-12-3-2-8-20-18(12)21-19(22)17-7-6-16(25-17)13-4-5-14-15(11-13)24-10-9-23-14/h2-8,11H,9-10H2,1H3,(H,20,21,22). The molecule has 0 saturated carbocycles. The zero-order valence-electron chi connectivity index (χ0n) is 13.6. The highest BCUT2D eigenvalue weighted by atomic mass is 32.1. The lowest BCUT2D eigenvalue weighted by Gasteiger charge is -2.18. The van der Waals surface area contributed by atoms with Gasteiger partial charge in [0.25, 0.3) is 5.91 Å². The number of carbonyl (C=O) groups excluding carboxylic acids is 1. The minimum atomic E-state index is -0.157. The normalized spacial score (nSPS) is 12.7. The number of carbonyl (C=O) groups is 1. The number of aromatic nitrogens is 1. The predicted molar refractivity (Wildman–Crippen MR) is 97.7 cm³/mol. The van der Waals surface area contributed by atoms with E-state index in [9.17, 15) is 4.79 Å². The number of rotatable bonds is 3. The van der Waals surface area contributed by atoms with Crippen LogP contribution >= 0.6 is 11.3 Å². The lowest BCUT2D eigenvalue weighted by molar-refractivity contribution is 0.103. The molecule has 0 atom stereocenters. The molecular weight excluding hydrogens is 336 g/mol. The summed E-state index contributed by atoms with van der Waals surface area (Å²) in [6.07, 6.45) is 1.66. The molecule has 0 fully saturated rings. The number of ether oxygens (including phenoxy) is 2. The van der Waals surface area contributed by atoms with Crippen LogP contribution in [0.1, 0.15) is 15.2 Å². The van der Waals surface area contributed by atoms with E-state index in [1.54, 1.807) is 6.20 Å². The van der Waals surface area contributed by atoms with Gasteiger partial charge in [-0.3, -0.25) is 4.79 Å². The Balaban J connectivity index is 1.56. The van der Waals surface area contributed by atoms with Crippen molar-refractivity contribution >= 4 is 23.1 Å². The molecule has 126 valence electrons. The van der Waals surface area contributed by atoms with Gasteiger partial charge in [-0.25, -0.2) is 4.98 Å². The third-order valence-electron chi connectivity index (χ3n) is 3.90. The number of aryl methyl sites for hydroxylation is 1. The lowest BCUT2D eigenvalue weighted by Crippen LogP contribution is -2.15. The molecule has 5 nitrogen and oxygen atoms in total. The van der Waals surface area contributed by atoms with Gasteiger partial charge in [0.1, 0.15) is 19.0 Å². The molecule has 2 aromatic heterocycles. The topological polar surface area (TPSA) is 60.5 Å². The zero-order chi connectivity index (χ0) is 17.2. The van der Waals surface area contributed by atoms with Gasteiger partial charge in [-0.1, -0.05) is 6.07 Å². The third kappa shape index (κ3) is 3.21. The van der Waals surface area contributed by atoms with Crippen LogP contribution in [0.2, 0.25) is 0 Å². The van der Waals surface area contributed by atoms with Gasteiger partial charge in [-0.05, 0) is 54.4 Å². The van der Waals surface area contributed by atoms with Gasteiger partial charge in [0.2, 0.25) is 0 Å². The van der Waals surface area contributed by atoms with Crippen molar-refractivity contribution in [2.24, 2.45) is 0 Å². The Bertz CT molecular complexity index is 936. The second-order valence-electron chi connectivity index (χ2n) is 5.65. The maximum Gasteiger partial charge on any atom is 0.266 e. The average molecular weight is 352 g/mol. The van der Waals surface area contributed by atoms with Crippen LogP contribution in [0.4, 0.5) is 5.82 Å². The van der Waals surface area contributed by atoms with E-state index in [-0.39, 0.29) is 5.91 Å². The van der Waals surface area contributed by atoms with Crippen molar-refractivity contribution in [1.29, 1.82) is 0 Å². The minimum Gasteiger partial charge on any atom is -0.486 e. The smallest absolute Gasteiger partial charge is 0.266 e. The molecule has 0 bridgehead atoms. The Hall–Kier alpha value is -2.86. The number of hydrogen-bond donors (Lipinski definition) is 1. The molecule has 0 aliphatic carbocycles. The number of pyridine rings is 1. The highest BCUT2D eigenvalue weighted by Crippen LogP contribution is 2.37. The maximum atomic E-state index is 12.5. The van der Waals surface area contributed by atoms with Crippen molar-refractivity contribution in [1.82, 2.24) is 4.98 Å². The summed E-state index contributed by atoms with van der Waals surface area (Å²) < 4.78 is 11.2. The molecule has 0 spiro atoms. The van der Waals surface area contributed by atoms with Gasteiger partial charge in [-0.2, -0.15) is 0 Å². The van der Waals surface area contributed by atoms with E-state index in [4.69, 9.17) is 9.47 Å². The van der Waals surface area contributed by atoms with Gasteiger partial charge in [0, 0.05) is 11.1 Å². The van der Waals surface area contributed by atoms with E-state index in [0.29, 0.717) is 23.9 Å². The van der Waals surface area contributed by atoms with Crippen molar-refractivity contribution in [2.75, 3.05) is 18.5 Å². The quantitative estimate of drug-likeness (QED) is 0.769. The molecule has 3 aromatic rings. The van der Waals surface area contributed by atoms with E-state index in [1.165, 1.54) is 11.3 Å². The monoisotopic (exact) mass is 352 g/mol. The van der Waals surface area contributed by atoms with Gasteiger partial charge >= 0.3 is 0 Å². The van der Waals surface area contributed by atoms with Crippen LogP contribution in [-0.2, 0) is 0 Å². The second-order valence-corrected chi connectivity index (χ2v) is 6.73. The molecule has 4 rings (SSSR count). The van der Waals surface area contributed by atoms with E-state index >= 15 is 0 Å². The number of nitrogens with zero attached hydrogens (tertiary/aromatic N) is 1. The second kappa shape index (κ2) is 6.57. The molecule has 1 aromatic carbocycles. The lowest BCUT2D eigenvalue weighted by atomic mass is 10.1. The molecule has 1 amide bonds. The van der Waals surface area contributed by atoms with Gasteiger partial charge in [-0.15, -0.1) is 11.3 Å². The fourth-order valence-corrected chi connectivity index (χ4v) is 3.50. The number of anilines is 1. The van der Waals surface area contributed by atoms with Crippen LogP contribution in [0.3, 0.4) is 0 Å². The summed E-state index contributed by atoms with van der Waals surface area (Å²) in [5.74, 6) is 1.93. The van der Waals surface area contributed by atoms with Crippen LogP contribution in [0.5, 0.6) is 11.5 Å². The number of thiophene rings is 1. The highest BCUT2D eigenvalue weighted by Gasteiger charge is 2.15. The zero-order valence-corrected chi connectivity index (χ0v) is 14.4. The molecule has 1 aliphatic heterocycles. The van der Waals surface area contributed by atoms with Crippen LogP contribution < -0.4 is 14.8 Å². The maximum absolute atomic E-state index is 12.5. The molecule has 0 unspecified atom stereocenters. The van der Waals surface area contributed by atoms with Gasteiger partial charge in [0.05, 0.1) is 4.88 Å². The summed E-state index contributed by atoms with van der Waals surface area (Å²) in [6, 6.07) is 13.4. The van der Waals surface area contributed by atoms with Gasteiger partial charge in [0.15, 0.2) is 11.5 Å². The SMILES string of the molecule is Cc1cccnc1NC(=O)c1ccc(-c2ccc3c(c2)OCCO3)s1. The number of nitrogens with one attached hydrogen (secondary N) is 1. The molecule has 25 heavy (non-hydrogen) atoms. The molecule has 3 heterocycles. The molecule has 0 saturated heterocycles.